The molecule has 2 atom stereocenters. The average Bonchev–Trinajstić information content (AvgIpc) is 3.31. The molecule has 0 aromatic carbocycles. The Kier molecular flexibility index (Phi) is 5.88. The second-order valence-electron chi connectivity index (χ2n) is 8.39. The van der Waals surface area contributed by atoms with Gasteiger partial charge in [0.15, 0.2) is 5.11 Å². The van der Waals surface area contributed by atoms with Crippen LogP contribution in [-0.2, 0) is 13.1 Å². The summed E-state index contributed by atoms with van der Waals surface area (Å²) in [5, 5.41) is 4.28. The second-order valence-corrected chi connectivity index (χ2v) is 8.78. The summed E-state index contributed by atoms with van der Waals surface area (Å²) in [6.07, 6.45) is 9.27. The number of pyridine rings is 3. The molecule has 0 spiro atoms. The maximum Gasteiger partial charge on any atom is 0.170 e. The molecular formula is C26H26N6S. The highest BCUT2D eigenvalue weighted by atomic mass is 32.1. The molecule has 1 aliphatic heterocycles. The third kappa shape index (κ3) is 4.24. The molecule has 166 valence electrons. The number of hydrogen-bond acceptors (Lipinski definition) is 4. The molecule has 0 saturated carbocycles. The molecule has 0 amide bonds. The van der Waals surface area contributed by atoms with Crippen molar-refractivity contribution in [1.82, 2.24) is 29.7 Å². The van der Waals surface area contributed by atoms with Crippen molar-refractivity contribution in [2.24, 2.45) is 0 Å². The number of hydrogen-bond donors (Lipinski definition) is 1. The minimum absolute atomic E-state index is 0.0152. The first-order chi connectivity index (χ1) is 16.1. The maximum atomic E-state index is 5.83. The monoisotopic (exact) mass is 454 g/mol. The van der Waals surface area contributed by atoms with Crippen LogP contribution in [0.2, 0.25) is 0 Å². The van der Waals surface area contributed by atoms with Crippen LogP contribution in [0.5, 0.6) is 0 Å². The first-order valence-corrected chi connectivity index (χ1v) is 11.4. The van der Waals surface area contributed by atoms with Gasteiger partial charge in [-0.2, -0.15) is 0 Å². The van der Waals surface area contributed by atoms with Crippen LogP contribution in [0.4, 0.5) is 0 Å². The molecule has 1 aliphatic rings. The zero-order valence-electron chi connectivity index (χ0n) is 18.7. The van der Waals surface area contributed by atoms with Crippen LogP contribution in [0.1, 0.15) is 45.9 Å². The van der Waals surface area contributed by atoms with E-state index in [0.717, 1.165) is 22.9 Å². The van der Waals surface area contributed by atoms with Gasteiger partial charge in [0.1, 0.15) is 0 Å². The number of aryl methyl sites for hydroxylation is 1. The summed E-state index contributed by atoms with van der Waals surface area (Å²) in [4.78, 5) is 15.5. The molecule has 4 aromatic heterocycles. The van der Waals surface area contributed by atoms with Gasteiger partial charge in [0.25, 0.3) is 0 Å². The lowest BCUT2D eigenvalue weighted by Crippen LogP contribution is -2.29. The van der Waals surface area contributed by atoms with Crippen molar-refractivity contribution in [3.63, 3.8) is 0 Å². The van der Waals surface area contributed by atoms with Gasteiger partial charge in [-0.15, -0.1) is 0 Å². The third-order valence-electron chi connectivity index (χ3n) is 6.27. The minimum atomic E-state index is -0.0392. The van der Waals surface area contributed by atoms with Crippen molar-refractivity contribution in [3.8, 4) is 0 Å². The van der Waals surface area contributed by atoms with E-state index in [1.807, 2.05) is 49.1 Å². The smallest absolute Gasteiger partial charge is 0.170 e. The number of nitrogens with one attached hydrogen (secondary N) is 1. The van der Waals surface area contributed by atoms with Crippen molar-refractivity contribution in [3.05, 3.63) is 113 Å². The third-order valence-corrected chi connectivity index (χ3v) is 6.62. The first-order valence-electron chi connectivity index (χ1n) is 11.0. The predicted molar refractivity (Wildman–Crippen MR) is 132 cm³/mol. The summed E-state index contributed by atoms with van der Waals surface area (Å²) in [5.74, 6) is 0. The Labute approximate surface area is 199 Å². The van der Waals surface area contributed by atoms with Gasteiger partial charge in [0.05, 0.1) is 17.8 Å². The Morgan fingerprint density at radius 3 is 2.27 bits per heavy atom. The minimum Gasteiger partial charge on any atom is -0.352 e. The molecule has 5 heterocycles. The lowest BCUT2D eigenvalue weighted by atomic mass is 9.96. The molecule has 0 unspecified atom stereocenters. The standard InChI is InChI=1S/C26H26N6S/c1-18-13-22(19(2)31(18)16-20-7-5-10-27-14-20)25-24(23-9-3-4-12-29-23)30-26(33)32(25)17-21-8-6-11-28-15-21/h3-15,24-25H,16-17H2,1-2H3,(H,30,33)/t24-,25+/m0/s1. The topological polar surface area (TPSA) is 58.9 Å². The molecule has 0 radical (unpaired) electrons. The van der Waals surface area contributed by atoms with Crippen molar-refractivity contribution >= 4 is 17.3 Å². The molecule has 7 heteroatoms. The molecule has 33 heavy (non-hydrogen) atoms. The van der Waals surface area contributed by atoms with E-state index in [1.54, 1.807) is 6.20 Å². The van der Waals surface area contributed by atoms with E-state index in [0.29, 0.717) is 6.54 Å². The van der Waals surface area contributed by atoms with Gasteiger partial charge in [0, 0.05) is 55.5 Å². The highest BCUT2D eigenvalue weighted by Crippen LogP contribution is 2.41. The average molecular weight is 455 g/mol. The predicted octanol–water partition coefficient (Wildman–Crippen LogP) is 4.51. The van der Waals surface area contributed by atoms with Crippen LogP contribution in [0, 0.1) is 13.8 Å². The van der Waals surface area contributed by atoms with E-state index < -0.39 is 0 Å². The Balaban J connectivity index is 1.56. The van der Waals surface area contributed by atoms with Crippen molar-refractivity contribution in [2.45, 2.75) is 39.0 Å². The van der Waals surface area contributed by atoms with Gasteiger partial charge in [0.2, 0.25) is 0 Å². The van der Waals surface area contributed by atoms with E-state index in [9.17, 15) is 0 Å². The first kappa shape index (κ1) is 21.3. The highest BCUT2D eigenvalue weighted by Gasteiger charge is 2.41. The number of aromatic nitrogens is 4. The number of rotatable bonds is 6. The van der Waals surface area contributed by atoms with Crippen LogP contribution in [-0.4, -0.2) is 29.5 Å². The van der Waals surface area contributed by atoms with E-state index in [2.05, 4.69) is 67.8 Å². The largest absolute Gasteiger partial charge is 0.352 e. The Hall–Kier alpha value is -3.58. The van der Waals surface area contributed by atoms with Gasteiger partial charge in [-0.3, -0.25) is 15.0 Å². The normalized spacial score (nSPS) is 17.9. The molecule has 0 aliphatic carbocycles. The van der Waals surface area contributed by atoms with Gasteiger partial charge in [-0.25, -0.2) is 0 Å². The Morgan fingerprint density at radius 1 is 0.909 bits per heavy atom. The molecule has 1 saturated heterocycles. The second kappa shape index (κ2) is 9.11. The number of nitrogens with zero attached hydrogens (tertiary/aromatic N) is 5. The van der Waals surface area contributed by atoms with E-state index in [4.69, 9.17) is 12.2 Å². The van der Waals surface area contributed by atoms with Crippen molar-refractivity contribution < 1.29 is 0 Å². The van der Waals surface area contributed by atoms with E-state index in [1.165, 1.54) is 22.5 Å². The summed E-state index contributed by atoms with van der Waals surface area (Å²) < 4.78 is 2.35. The molecule has 4 aromatic rings. The lowest BCUT2D eigenvalue weighted by Gasteiger charge is -2.28. The summed E-state index contributed by atoms with van der Waals surface area (Å²) in [7, 11) is 0. The number of thiocarbonyl (C=S) groups is 1. The summed E-state index contributed by atoms with van der Waals surface area (Å²) in [6, 6.07) is 16.5. The lowest BCUT2D eigenvalue weighted by molar-refractivity contribution is 0.309. The van der Waals surface area contributed by atoms with Crippen LogP contribution in [0.15, 0.2) is 79.5 Å². The van der Waals surface area contributed by atoms with Crippen LogP contribution in [0.25, 0.3) is 0 Å². The Morgan fingerprint density at radius 2 is 1.64 bits per heavy atom. The van der Waals surface area contributed by atoms with E-state index >= 15 is 0 Å². The van der Waals surface area contributed by atoms with E-state index in [-0.39, 0.29) is 12.1 Å². The molecule has 5 rings (SSSR count). The summed E-state index contributed by atoms with van der Waals surface area (Å²) in [5.41, 5.74) is 6.98. The van der Waals surface area contributed by atoms with Gasteiger partial charge < -0.3 is 14.8 Å². The summed E-state index contributed by atoms with van der Waals surface area (Å²) in [6.45, 7) is 5.82. The highest BCUT2D eigenvalue weighted by molar-refractivity contribution is 7.80. The van der Waals surface area contributed by atoms with Crippen molar-refractivity contribution in [2.75, 3.05) is 0 Å². The molecule has 6 nitrogen and oxygen atoms in total. The zero-order valence-corrected chi connectivity index (χ0v) is 19.5. The van der Waals surface area contributed by atoms with Gasteiger partial charge in [-0.1, -0.05) is 18.2 Å². The SMILES string of the molecule is Cc1cc([C@@H]2[C@H](c3ccccn3)NC(=S)N2Cc2cccnc2)c(C)n1Cc1cccnc1. The maximum absolute atomic E-state index is 5.83. The molecule has 1 fully saturated rings. The Bertz CT molecular complexity index is 1240. The fourth-order valence-corrected chi connectivity index (χ4v) is 4.95. The quantitative estimate of drug-likeness (QED) is 0.433. The van der Waals surface area contributed by atoms with Gasteiger partial charge in [-0.05, 0) is 73.1 Å². The molecule has 1 N–H and O–H groups in total. The van der Waals surface area contributed by atoms with Crippen LogP contribution >= 0.6 is 12.2 Å². The fourth-order valence-electron chi connectivity index (χ4n) is 4.65. The molecule has 0 bridgehead atoms. The van der Waals surface area contributed by atoms with Crippen LogP contribution in [0.3, 0.4) is 0 Å². The fraction of sp³-hybridized carbons (Fsp3) is 0.231. The zero-order chi connectivity index (χ0) is 22.8. The van der Waals surface area contributed by atoms with Crippen LogP contribution < -0.4 is 5.32 Å². The van der Waals surface area contributed by atoms with Crippen molar-refractivity contribution in [1.29, 1.82) is 0 Å². The summed E-state index contributed by atoms with van der Waals surface area (Å²) >= 11 is 5.83. The van der Waals surface area contributed by atoms with Gasteiger partial charge >= 0.3 is 0 Å². The molecular weight excluding hydrogens is 428 g/mol.